The predicted molar refractivity (Wildman–Crippen MR) is 54.9 cm³/mol. The van der Waals surface area contributed by atoms with E-state index in [1.165, 1.54) is 12.1 Å². The highest BCUT2D eigenvalue weighted by molar-refractivity contribution is 6.30. The van der Waals surface area contributed by atoms with Gasteiger partial charge in [-0.3, -0.25) is 0 Å². The zero-order valence-electron chi connectivity index (χ0n) is 7.93. The number of rotatable bonds is 4. The van der Waals surface area contributed by atoms with Crippen molar-refractivity contribution in [2.45, 2.75) is 12.5 Å². The molecule has 1 aromatic rings. The lowest BCUT2D eigenvalue weighted by Gasteiger charge is -2.11. The Morgan fingerprint density at radius 2 is 2.29 bits per heavy atom. The second-order valence-electron chi connectivity index (χ2n) is 3.07. The third-order valence-electron chi connectivity index (χ3n) is 1.99. The molecular formula is C10H13ClFNO. The highest BCUT2D eigenvalue weighted by Gasteiger charge is 2.12. The van der Waals surface area contributed by atoms with Gasteiger partial charge in [-0.25, -0.2) is 4.39 Å². The van der Waals surface area contributed by atoms with Crippen LogP contribution in [0.15, 0.2) is 18.2 Å². The summed E-state index contributed by atoms with van der Waals surface area (Å²) in [5.74, 6) is -0.457. The molecule has 0 amide bonds. The predicted octanol–water partition coefficient (Wildman–Crippen LogP) is 2.12. The molecule has 0 aromatic heterocycles. The molecule has 2 N–H and O–H groups in total. The maximum Gasteiger partial charge on any atom is 0.130 e. The number of hydrogen-bond donors (Lipinski definition) is 2. The SMILES string of the molecule is CNCCC(O)c1ccc(Cl)cc1F. The zero-order chi connectivity index (χ0) is 10.6. The Hall–Kier alpha value is -0.640. The van der Waals surface area contributed by atoms with Crippen LogP contribution in [-0.4, -0.2) is 18.7 Å². The fourth-order valence-electron chi connectivity index (χ4n) is 1.21. The smallest absolute Gasteiger partial charge is 0.130 e. The van der Waals surface area contributed by atoms with Crippen LogP contribution >= 0.6 is 11.6 Å². The molecule has 0 fully saturated rings. The molecule has 1 atom stereocenters. The number of hydrogen-bond acceptors (Lipinski definition) is 2. The van der Waals surface area contributed by atoms with Crippen molar-refractivity contribution in [3.05, 3.63) is 34.6 Å². The molecule has 0 bridgehead atoms. The lowest BCUT2D eigenvalue weighted by atomic mass is 10.1. The molecule has 1 aromatic carbocycles. The van der Waals surface area contributed by atoms with Crippen LogP contribution in [0.5, 0.6) is 0 Å². The Bertz CT molecular complexity index is 306. The van der Waals surface area contributed by atoms with Crippen LogP contribution in [0.1, 0.15) is 18.1 Å². The van der Waals surface area contributed by atoms with Crippen LogP contribution in [0.2, 0.25) is 5.02 Å². The number of aliphatic hydroxyl groups is 1. The van der Waals surface area contributed by atoms with Gasteiger partial charge in [-0.15, -0.1) is 0 Å². The molecule has 0 saturated carbocycles. The van der Waals surface area contributed by atoms with Crippen molar-refractivity contribution in [1.82, 2.24) is 5.32 Å². The molecule has 0 radical (unpaired) electrons. The molecule has 1 unspecified atom stereocenters. The molecule has 2 nitrogen and oxygen atoms in total. The van der Waals surface area contributed by atoms with E-state index >= 15 is 0 Å². The van der Waals surface area contributed by atoms with Crippen LogP contribution in [-0.2, 0) is 0 Å². The Labute approximate surface area is 87.7 Å². The Balaban J connectivity index is 2.74. The van der Waals surface area contributed by atoms with Crippen molar-refractivity contribution in [2.75, 3.05) is 13.6 Å². The maximum atomic E-state index is 13.3. The number of benzene rings is 1. The molecule has 0 heterocycles. The molecule has 0 aliphatic heterocycles. The zero-order valence-corrected chi connectivity index (χ0v) is 8.68. The van der Waals surface area contributed by atoms with Gasteiger partial charge in [0.25, 0.3) is 0 Å². The van der Waals surface area contributed by atoms with E-state index in [9.17, 15) is 9.50 Å². The summed E-state index contributed by atoms with van der Waals surface area (Å²) in [6.07, 6.45) is -0.297. The summed E-state index contributed by atoms with van der Waals surface area (Å²) in [6, 6.07) is 4.29. The molecule has 78 valence electrons. The lowest BCUT2D eigenvalue weighted by molar-refractivity contribution is 0.163. The van der Waals surface area contributed by atoms with Gasteiger partial charge in [0.2, 0.25) is 0 Å². The fourth-order valence-corrected chi connectivity index (χ4v) is 1.37. The first-order valence-corrected chi connectivity index (χ1v) is 4.80. The summed E-state index contributed by atoms with van der Waals surface area (Å²) in [5.41, 5.74) is 0.296. The quantitative estimate of drug-likeness (QED) is 0.810. The first-order valence-electron chi connectivity index (χ1n) is 4.42. The van der Waals surface area contributed by atoms with Gasteiger partial charge in [0.1, 0.15) is 5.82 Å². The van der Waals surface area contributed by atoms with Crippen molar-refractivity contribution in [1.29, 1.82) is 0 Å². The van der Waals surface area contributed by atoms with Gasteiger partial charge in [0.15, 0.2) is 0 Å². The normalized spacial score (nSPS) is 12.9. The van der Waals surface area contributed by atoms with Crippen molar-refractivity contribution >= 4 is 11.6 Å². The van der Waals surface area contributed by atoms with E-state index in [2.05, 4.69) is 5.32 Å². The third kappa shape index (κ3) is 2.94. The summed E-state index contributed by atoms with van der Waals surface area (Å²) in [6.45, 7) is 0.642. The first kappa shape index (κ1) is 11.4. The monoisotopic (exact) mass is 217 g/mol. The summed E-state index contributed by atoms with van der Waals surface area (Å²) < 4.78 is 13.3. The number of aliphatic hydroxyl groups excluding tert-OH is 1. The molecule has 0 spiro atoms. The highest BCUT2D eigenvalue weighted by atomic mass is 35.5. The topological polar surface area (TPSA) is 32.3 Å². The van der Waals surface area contributed by atoms with Gasteiger partial charge in [-0.05, 0) is 32.1 Å². The van der Waals surface area contributed by atoms with Crippen molar-refractivity contribution in [2.24, 2.45) is 0 Å². The van der Waals surface area contributed by atoms with E-state index in [0.717, 1.165) is 0 Å². The Morgan fingerprint density at radius 1 is 1.57 bits per heavy atom. The molecule has 4 heteroatoms. The highest BCUT2D eigenvalue weighted by Crippen LogP contribution is 2.22. The molecule has 0 aliphatic carbocycles. The Kier molecular flexibility index (Phi) is 4.32. The van der Waals surface area contributed by atoms with Gasteiger partial charge < -0.3 is 10.4 Å². The second kappa shape index (κ2) is 5.29. The minimum Gasteiger partial charge on any atom is -0.388 e. The standard InChI is InChI=1S/C10H13ClFNO/c1-13-5-4-10(14)8-3-2-7(11)6-9(8)12/h2-3,6,10,13-14H,4-5H2,1H3. The Morgan fingerprint density at radius 3 is 2.86 bits per heavy atom. The van der Waals surface area contributed by atoms with Gasteiger partial charge in [0.05, 0.1) is 6.10 Å². The average molecular weight is 218 g/mol. The van der Waals surface area contributed by atoms with E-state index in [0.29, 0.717) is 23.6 Å². The maximum absolute atomic E-state index is 13.3. The molecule has 0 saturated heterocycles. The van der Waals surface area contributed by atoms with Crippen LogP contribution in [0.25, 0.3) is 0 Å². The van der Waals surface area contributed by atoms with Gasteiger partial charge >= 0.3 is 0 Å². The van der Waals surface area contributed by atoms with Crippen LogP contribution in [0.3, 0.4) is 0 Å². The summed E-state index contributed by atoms with van der Waals surface area (Å²) in [7, 11) is 1.78. The largest absolute Gasteiger partial charge is 0.388 e. The minimum absolute atomic E-state index is 0.296. The van der Waals surface area contributed by atoms with Crippen molar-refractivity contribution in [3.63, 3.8) is 0 Å². The van der Waals surface area contributed by atoms with E-state index < -0.39 is 11.9 Å². The summed E-state index contributed by atoms with van der Waals surface area (Å²) >= 11 is 5.59. The molecule has 0 aliphatic rings. The van der Waals surface area contributed by atoms with Gasteiger partial charge in [-0.2, -0.15) is 0 Å². The third-order valence-corrected chi connectivity index (χ3v) is 2.22. The first-order chi connectivity index (χ1) is 6.65. The van der Waals surface area contributed by atoms with Crippen LogP contribution in [0.4, 0.5) is 4.39 Å². The minimum atomic E-state index is -0.778. The van der Waals surface area contributed by atoms with Crippen LogP contribution < -0.4 is 5.32 Å². The second-order valence-corrected chi connectivity index (χ2v) is 3.51. The van der Waals surface area contributed by atoms with E-state index in [4.69, 9.17) is 11.6 Å². The molecular weight excluding hydrogens is 205 g/mol. The van der Waals surface area contributed by atoms with E-state index in [-0.39, 0.29) is 0 Å². The van der Waals surface area contributed by atoms with Crippen molar-refractivity contribution in [3.8, 4) is 0 Å². The van der Waals surface area contributed by atoms with Gasteiger partial charge in [-0.1, -0.05) is 17.7 Å². The average Bonchev–Trinajstić information content (AvgIpc) is 2.14. The van der Waals surface area contributed by atoms with Crippen molar-refractivity contribution < 1.29 is 9.50 Å². The van der Waals surface area contributed by atoms with E-state index in [1.54, 1.807) is 13.1 Å². The molecule has 1 rings (SSSR count). The summed E-state index contributed by atoms with van der Waals surface area (Å²) in [5, 5.41) is 12.8. The lowest BCUT2D eigenvalue weighted by Crippen LogP contribution is -2.12. The fraction of sp³-hybridized carbons (Fsp3) is 0.400. The number of nitrogens with one attached hydrogen (secondary N) is 1. The van der Waals surface area contributed by atoms with Gasteiger partial charge in [0, 0.05) is 10.6 Å². The summed E-state index contributed by atoms with van der Waals surface area (Å²) in [4.78, 5) is 0. The number of halogens is 2. The van der Waals surface area contributed by atoms with E-state index in [1.807, 2.05) is 0 Å². The molecule has 14 heavy (non-hydrogen) atoms. The van der Waals surface area contributed by atoms with Crippen LogP contribution in [0, 0.1) is 5.82 Å².